The van der Waals surface area contributed by atoms with Crippen LogP contribution < -0.4 is 14.8 Å². The summed E-state index contributed by atoms with van der Waals surface area (Å²) < 4.78 is 26.5. The van der Waals surface area contributed by atoms with Crippen molar-refractivity contribution in [3.63, 3.8) is 0 Å². The minimum atomic E-state index is -3.77. The minimum absolute atomic E-state index is 0.106. The molecule has 1 heterocycles. The van der Waals surface area contributed by atoms with E-state index in [1.165, 1.54) is 18.2 Å². The summed E-state index contributed by atoms with van der Waals surface area (Å²) in [5.74, 6) is -1.42. The lowest BCUT2D eigenvalue weighted by Crippen LogP contribution is -2.25. The van der Waals surface area contributed by atoms with E-state index in [4.69, 9.17) is 0 Å². The molecule has 0 radical (unpaired) electrons. The fraction of sp³-hybridized carbons (Fsp3) is 0.0769. The third kappa shape index (κ3) is 3.40. The molecule has 1 aromatic carbocycles. The van der Waals surface area contributed by atoms with Gasteiger partial charge in [-0.3, -0.25) is 0 Å². The summed E-state index contributed by atoms with van der Waals surface area (Å²) in [5.41, 5.74) is 0.577. The zero-order valence-corrected chi connectivity index (χ0v) is 11.2. The van der Waals surface area contributed by atoms with E-state index < -0.39 is 16.0 Å². The van der Waals surface area contributed by atoms with Crippen LogP contribution in [0.1, 0.15) is 15.9 Å². The van der Waals surface area contributed by atoms with Crippen molar-refractivity contribution >= 4 is 16.0 Å². The predicted molar refractivity (Wildman–Crippen MR) is 67.8 cm³/mol. The molecule has 0 bridgehead atoms. The lowest BCUT2D eigenvalue weighted by molar-refractivity contribution is -0.378. The summed E-state index contributed by atoms with van der Waals surface area (Å²) in [6.07, 6.45) is 3.38. The first kappa shape index (κ1) is 14.2. The molecule has 2 aromatic rings. The number of hydrogen-bond donors (Lipinski definition) is 1. The number of benzene rings is 1. The van der Waals surface area contributed by atoms with Crippen molar-refractivity contribution in [2.24, 2.45) is 0 Å². The van der Waals surface area contributed by atoms with Crippen molar-refractivity contribution in [1.82, 2.24) is 4.72 Å². The van der Waals surface area contributed by atoms with Gasteiger partial charge in [-0.15, -0.1) is 0 Å². The summed E-state index contributed by atoms with van der Waals surface area (Å²) in [6, 6.07) is 8.54. The Hall–Kier alpha value is -2.25. The summed E-state index contributed by atoms with van der Waals surface area (Å²) in [7, 11) is -3.77. The van der Waals surface area contributed by atoms with Crippen molar-refractivity contribution in [2.45, 2.75) is 11.4 Å². The van der Waals surface area contributed by atoms with Gasteiger partial charge >= 0.3 is 0 Å². The molecule has 0 saturated carbocycles. The van der Waals surface area contributed by atoms with Gasteiger partial charge in [0.2, 0.25) is 10.0 Å². The highest BCUT2D eigenvalue weighted by Crippen LogP contribution is 2.11. The minimum Gasteiger partial charge on any atom is -0.545 e. The maximum Gasteiger partial charge on any atom is 0.240 e. The third-order valence-electron chi connectivity index (χ3n) is 2.62. The number of carboxylic acid groups (broad SMARTS) is 1. The number of aromatic amines is 1. The summed E-state index contributed by atoms with van der Waals surface area (Å²) in [5, 5.41) is 10.7. The second-order valence-corrected chi connectivity index (χ2v) is 5.82. The van der Waals surface area contributed by atoms with E-state index in [-0.39, 0.29) is 17.0 Å². The number of carbonyl (C=O) groups excluding carboxylic acids is 1. The van der Waals surface area contributed by atoms with Gasteiger partial charge in [-0.05, 0) is 23.8 Å². The molecule has 6 nitrogen and oxygen atoms in total. The van der Waals surface area contributed by atoms with E-state index in [0.717, 1.165) is 11.6 Å². The Labute approximate surface area is 116 Å². The molecular formula is C13H12N2O4S. The van der Waals surface area contributed by atoms with Crippen LogP contribution in [0.15, 0.2) is 53.7 Å². The van der Waals surface area contributed by atoms with Crippen LogP contribution in [0.4, 0.5) is 0 Å². The summed E-state index contributed by atoms with van der Waals surface area (Å²) in [6.45, 7) is 0.106. The van der Waals surface area contributed by atoms with Crippen molar-refractivity contribution < 1.29 is 23.3 Å². The number of aromatic carboxylic acids is 1. The van der Waals surface area contributed by atoms with Crippen LogP contribution in [0, 0.1) is 0 Å². The first-order valence-corrected chi connectivity index (χ1v) is 7.23. The smallest absolute Gasteiger partial charge is 0.240 e. The van der Waals surface area contributed by atoms with Gasteiger partial charge in [0, 0.05) is 18.2 Å². The highest BCUT2D eigenvalue weighted by atomic mass is 32.2. The number of pyridine rings is 1. The number of rotatable bonds is 5. The Bertz CT molecular complexity index is 714. The largest absolute Gasteiger partial charge is 0.545 e. The molecule has 7 heteroatoms. The molecule has 0 atom stereocenters. The Kier molecular flexibility index (Phi) is 4.11. The normalized spacial score (nSPS) is 11.2. The quantitative estimate of drug-likeness (QED) is 0.790. The number of carbonyl (C=O) groups is 1. The van der Waals surface area contributed by atoms with E-state index in [1.54, 1.807) is 24.5 Å². The van der Waals surface area contributed by atoms with Gasteiger partial charge in [0.1, 0.15) is 0 Å². The molecule has 20 heavy (non-hydrogen) atoms. The number of sulfonamides is 1. The number of H-pyrrole nitrogens is 1. The monoisotopic (exact) mass is 292 g/mol. The molecular weight excluding hydrogens is 280 g/mol. The van der Waals surface area contributed by atoms with Gasteiger partial charge in [0.15, 0.2) is 12.4 Å². The summed E-state index contributed by atoms with van der Waals surface area (Å²) >= 11 is 0. The number of carboxylic acids is 1. The molecule has 0 aliphatic rings. The van der Waals surface area contributed by atoms with Gasteiger partial charge in [-0.2, -0.15) is 0 Å². The highest BCUT2D eigenvalue weighted by molar-refractivity contribution is 7.89. The standard InChI is InChI=1S/C13H12N2O4S/c16-13(17)11-4-1-5-12(7-11)20(18,19)15-9-10-3-2-6-14-8-10/h1-8,15H,9H2,(H,16,17). The SMILES string of the molecule is O=C([O-])c1cccc(S(=O)(=O)NCc2ccc[nH+]c2)c1. The van der Waals surface area contributed by atoms with Crippen LogP contribution in [0.25, 0.3) is 0 Å². The van der Waals surface area contributed by atoms with Crippen LogP contribution in [-0.4, -0.2) is 14.4 Å². The van der Waals surface area contributed by atoms with Gasteiger partial charge in [0.25, 0.3) is 0 Å². The predicted octanol–water partition coefficient (Wildman–Crippen LogP) is -0.657. The maximum atomic E-state index is 12.0. The highest BCUT2D eigenvalue weighted by Gasteiger charge is 2.14. The van der Waals surface area contributed by atoms with Crippen molar-refractivity contribution in [1.29, 1.82) is 0 Å². The number of hydrogen-bond acceptors (Lipinski definition) is 4. The average molecular weight is 292 g/mol. The average Bonchev–Trinajstić information content (AvgIpc) is 2.46. The van der Waals surface area contributed by atoms with Crippen LogP contribution in [0.5, 0.6) is 0 Å². The molecule has 0 amide bonds. The first-order valence-electron chi connectivity index (χ1n) is 5.75. The van der Waals surface area contributed by atoms with Crippen LogP contribution in [0.3, 0.4) is 0 Å². The Morgan fingerprint density at radius 2 is 2.05 bits per heavy atom. The van der Waals surface area contributed by atoms with Crippen molar-refractivity contribution in [2.75, 3.05) is 0 Å². The Morgan fingerprint density at radius 1 is 1.25 bits per heavy atom. The topological polar surface area (TPSA) is 100 Å². The molecule has 2 rings (SSSR count). The number of nitrogens with one attached hydrogen (secondary N) is 2. The van der Waals surface area contributed by atoms with Crippen molar-refractivity contribution in [3.8, 4) is 0 Å². The second-order valence-electron chi connectivity index (χ2n) is 4.05. The van der Waals surface area contributed by atoms with E-state index in [0.29, 0.717) is 0 Å². The van der Waals surface area contributed by atoms with Gasteiger partial charge < -0.3 is 9.90 Å². The zero-order valence-electron chi connectivity index (χ0n) is 10.4. The molecule has 0 unspecified atom stereocenters. The van der Waals surface area contributed by atoms with Crippen molar-refractivity contribution in [3.05, 3.63) is 59.9 Å². The van der Waals surface area contributed by atoms with Gasteiger partial charge in [-0.25, -0.2) is 18.1 Å². The second kappa shape index (κ2) is 5.81. The van der Waals surface area contributed by atoms with Gasteiger partial charge in [0.05, 0.1) is 10.9 Å². The molecule has 0 fully saturated rings. The van der Waals surface area contributed by atoms with E-state index in [1.807, 2.05) is 0 Å². The van der Waals surface area contributed by atoms with Crippen LogP contribution >= 0.6 is 0 Å². The van der Waals surface area contributed by atoms with Crippen LogP contribution in [0.2, 0.25) is 0 Å². The van der Waals surface area contributed by atoms with E-state index in [9.17, 15) is 18.3 Å². The molecule has 2 N–H and O–H groups in total. The van der Waals surface area contributed by atoms with Crippen LogP contribution in [-0.2, 0) is 16.6 Å². The van der Waals surface area contributed by atoms with E-state index in [2.05, 4.69) is 9.71 Å². The molecule has 104 valence electrons. The fourth-order valence-corrected chi connectivity index (χ4v) is 2.66. The molecule has 0 aliphatic heterocycles. The maximum absolute atomic E-state index is 12.0. The molecule has 0 aliphatic carbocycles. The lowest BCUT2D eigenvalue weighted by atomic mass is 10.2. The zero-order chi connectivity index (χ0) is 14.6. The number of aromatic nitrogens is 1. The van der Waals surface area contributed by atoms with E-state index >= 15 is 0 Å². The fourth-order valence-electron chi connectivity index (χ4n) is 1.59. The first-order chi connectivity index (χ1) is 9.49. The summed E-state index contributed by atoms with van der Waals surface area (Å²) in [4.78, 5) is 13.5. The lowest BCUT2D eigenvalue weighted by Gasteiger charge is -2.08. The molecule has 1 aromatic heterocycles. The molecule has 0 saturated heterocycles. The third-order valence-corrected chi connectivity index (χ3v) is 4.02. The molecule has 0 spiro atoms. The Morgan fingerprint density at radius 3 is 2.70 bits per heavy atom. The van der Waals surface area contributed by atoms with Gasteiger partial charge in [-0.1, -0.05) is 12.1 Å². The Balaban J connectivity index is 2.18.